The van der Waals surface area contributed by atoms with Gasteiger partial charge < -0.3 is 24.4 Å². The van der Waals surface area contributed by atoms with Gasteiger partial charge in [-0.3, -0.25) is 0 Å². The van der Waals surface area contributed by atoms with Crippen molar-refractivity contribution in [2.45, 2.75) is 77.8 Å². The number of nitrogen functional groups attached to an aromatic ring is 1. The molecule has 6 nitrogen and oxygen atoms in total. The van der Waals surface area contributed by atoms with Crippen molar-refractivity contribution >= 4 is 53.3 Å². The Bertz CT molecular complexity index is 1140. The third-order valence-corrected chi connectivity index (χ3v) is 7.83. The van der Waals surface area contributed by atoms with Crippen molar-refractivity contribution in [1.82, 2.24) is 0 Å². The molecular formula is C25H32B2ClFN2O4. The minimum Gasteiger partial charge on any atom is -0.399 e. The molecule has 2 fully saturated rings. The lowest BCUT2D eigenvalue weighted by Gasteiger charge is -2.32. The molecule has 0 aromatic heterocycles. The van der Waals surface area contributed by atoms with E-state index in [4.69, 9.17) is 36.0 Å². The Kier molecular flexibility index (Phi) is 6.43. The second-order valence-electron chi connectivity index (χ2n) is 11.1. The van der Waals surface area contributed by atoms with E-state index < -0.39 is 42.5 Å². The Morgan fingerprint density at radius 1 is 0.800 bits per heavy atom. The lowest BCUT2D eigenvalue weighted by Crippen LogP contribution is -2.41. The van der Waals surface area contributed by atoms with E-state index in [-0.39, 0.29) is 16.3 Å². The van der Waals surface area contributed by atoms with E-state index in [2.05, 4.69) is 4.99 Å². The number of aliphatic imine (C=N–C) groups is 1. The Morgan fingerprint density at radius 3 is 1.74 bits per heavy atom. The minimum atomic E-state index is -0.886. The van der Waals surface area contributed by atoms with Crippen molar-refractivity contribution < 1.29 is 23.0 Å². The van der Waals surface area contributed by atoms with Gasteiger partial charge in [-0.15, -0.1) is 0 Å². The summed E-state index contributed by atoms with van der Waals surface area (Å²) < 4.78 is 39.0. The van der Waals surface area contributed by atoms with Crippen molar-refractivity contribution in [3.8, 4) is 0 Å². The van der Waals surface area contributed by atoms with Crippen molar-refractivity contribution in [3.63, 3.8) is 0 Å². The van der Waals surface area contributed by atoms with Gasteiger partial charge in [0.2, 0.25) is 0 Å². The van der Waals surface area contributed by atoms with Crippen LogP contribution in [0.2, 0.25) is 0 Å². The normalized spacial score (nSPS) is 22.6. The van der Waals surface area contributed by atoms with Crippen LogP contribution in [-0.2, 0) is 18.6 Å². The smallest absolute Gasteiger partial charge is 0.399 e. The van der Waals surface area contributed by atoms with Gasteiger partial charge in [0.05, 0.1) is 28.1 Å². The molecule has 0 aliphatic carbocycles. The quantitative estimate of drug-likeness (QED) is 0.384. The fourth-order valence-corrected chi connectivity index (χ4v) is 4.05. The van der Waals surface area contributed by atoms with Crippen molar-refractivity contribution in [2.75, 3.05) is 5.73 Å². The molecule has 186 valence electrons. The number of nitrogens with two attached hydrogens (primary N) is 1. The third kappa shape index (κ3) is 4.77. The van der Waals surface area contributed by atoms with Crippen LogP contribution in [0, 0.1) is 5.82 Å². The van der Waals surface area contributed by atoms with E-state index in [9.17, 15) is 4.39 Å². The molecule has 0 bridgehead atoms. The second-order valence-corrected chi connectivity index (χ2v) is 11.5. The van der Waals surface area contributed by atoms with Crippen molar-refractivity contribution in [1.29, 1.82) is 0 Å². The summed E-state index contributed by atoms with van der Waals surface area (Å²) in [6.45, 7) is 15.7. The van der Waals surface area contributed by atoms with Crippen LogP contribution in [0.25, 0.3) is 0 Å². The summed E-state index contributed by atoms with van der Waals surface area (Å²) in [6.07, 6.45) is 0. The highest BCUT2D eigenvalue weighted by Gasteiger charge is 2.53. The predicted octanol–water partition coefficient (Wildman–Crippen LogP) is 4.32. The van der Waals surface area contributed by atoms with Crippen LogP contribution in [0.15, 0.2) is 41.4 Å². The van der Waals surface area contributed by atoms with Gasteiger partial charge in [0.1, 0.15) is 11.0 Å². The Labute approximate surface area is 212 Å². The average Bonchev–Trinajstić information content (AvgIpc) is 3.07. The zero-order valence-corrected chi connectivity index (χ0v) is 22.3. The maximum atomic E-state index is 14.8. The highest BCUT2D eigenvalue weighted by Crippen LogP contribution is 2.38. The number of halogens is 2. The van der Waals surface area contributed by atoms with Gasteiger partial charge in [-0.2, -0.15) is 0 Å². The number of hydrogen-bond acceptors (Lipinski definition) is 6. The molecule has 2 aliphatic rings. The number of anilines is 1. The zero-order chi connectivity index (χ0) is 26.0. The number of hydrogen-bond donors (Lipinski definition) is 1. The van der Waals surface area contributed by atoms with Crippen molar-refractivity contribution in [2.24, 2.45) is 4.99 Å². The highest BCUT2D eigenvalue weighted by atomic mass is 35.5. The van der Waals surface area contributed by atoms with Crippen LogP contribution >= 0.6 is 11.6 Å². The van der Waals surface area contributed by atoms with E-state index in [1.54, 1.807) is 0 Å². The molecule has 35 heavy (non-hydrogen) atoms. The molecule has 0 spiro atoms. The summed E-state index contributed by atoms with van der Waals surface area (Å²) in [7, 11) is -1.35. The average molecular weight is 501 g/mol. The molecule has 4 rings (SSSR count). The Hall–Kier alpha value is -1.90. The van der Waals surface area contributed by atoms with E-state index in [0.29, 0.717) is 11.3 Å². The van der Waals surface area contributed by atoms with Crippen molar-refractivity contribution in [3.05, 3.63) is 47.8 Å². The van der Waals surface area contributed by atoms with E-state index in [1.165, 1.54) is 12.1 Å². The summed E-state index contributed by atoms with van der Waals surface area (Å²) in [4.78, 5) is 4.49. The molecule has 2 heterocycles. The summed E-state index contributed by atoms with van der Waals surface area (Å²) in [5.41, 5.74) is 6.30. The molecular weight excluding hydrogens is 468 g/mol. The van der Waals surface area contributed by atoms with Crippen LogP contribution in [0.4, 0.5) is 15.8 Å². The molecule has 0 radical (unpaired) electrons. The van der Waals surface area contributed by atoms with E-state index in [1.807, 2.05) is 79.7 Å². The third-order valence-electron chi connectivity index (χ3n) is 7.54. The van der Waals surface area contributed by atoms with Crippen LogP contribution < -0.4 is 16.7 Å². The second kappa shape index (κ2) is 8.60. The molecule has 0 unspecified atom stereocenters. The first-order chi connectivity index (χ1) is 16.0. The Morgan fingerprint density at radius 2 is 1.26 bits per heavy atom. The lowest BCUT2D eigenvalue weighted by molar-refractivity contribution is 0.00578. The summed E-state index contributed by atoms with van der Waals surface area (Å²) >= 11 is 6.55. The number of benzene rings is 2. The van der Waals surface area contributed by atoms with E-state index in [0.717, 1.165) is 5.46 Å². The predicted molar refractivity (Wildman–Crippen MR) is 141 cm³/mol. The summed E-state index contributed by atoms with van der Waals surface area (Å²) in [6, 6.07) is 10.2. The van der Waals surface area contributed by atoms with E-state index >= 15 is 0 Å². The molecule has 0 amide bonds. The summed E-state index contributed by atoms with van der Waals surface area (Å²) in [5, 5.41) is 0.128. The van der Waals surface area contributed by atoms with Gasteiger partial charge in [-0.05, 0) is 85.1 Å². The monoisotopic (exact) mass is 500 g/mol. The van der Waals surface area contributed by atoms with Gasteiger partial charge in [-0.1, -0.05) is 23.7 Å². The maximum absolute atomic E-state index is 14.8. The SMILES string of the molecule is CC1(C)OB(c2ccc(N=C(Cl)c3cc(B4OC(C)(C)C(C)(C)O4)c(F)cc3N)cc2)OC1(C)C. The molecule has 0 atom stereocenters. The molecule has 10 heteroatoms. The first kappa shape index (κ1) is 26.2. The van der Waals surface area contributed by atoms with Crippen LogP contribution in [0.3, 0.4) is 0 Å². The topological polar surface area (TPSA) is 75.3 Å². The largest absolute Gasteiger partial charge is 0.497 e. The van der Waals surface area contributed by atoms with Crippen LogP contribution in [-0.4, -0.2) is 41.8 Å². The molecule has 2 saturated heterocycles. The van der Waals surface area contributed by atoms with Gasteiger partial charge in [0.15, 0.2) is 0 Å². The fraction of sp³-hybridized carbons (Fsp3) is 0.480. The first-order valence-corrected chi connectivity index (χ1v) is 12.1. The number of nitrogens with zero attached hydrogens (tertiary/aromatic N) is 1. The molecule has 2 aliphatic heterocycles. The first-order valence-electron chi connectivity index (χ1n) is 11.7. The summed E-state index contributed by atoms with van der Waals surface area (Å²) in [5.74, 6) is -0.527. The maximum Gasteiger partial charge on any atom is 0.497 e. The molecule has 2 aromatic carbocycles. The lowest BCUT2D eigenvalue weighted by atomic mass is 9.77. The molecule has 0 saturated carbocycles. The van der Waals surface area contributed by atoms with Gasteiger partial charge in [0, 0.05) is 16.7 Å². The minimum absolute atomic E-state index is 0.128. The number of rotatable bonds is 4. The van der Waals surface area contributed by atoms with Gasteiger partial charge in [0.25, 0.3) is 0 Å². The van der Waals surface area contributed by atoms with Crippen LogP contribution in [0.1, 0.15) is 61.0 Å². The fourth-order valence-electron chi connectivity index (χ4n) is 3.79. The Balaban J connectivity index is 1.58. The highest BCUT2D eigenvalue weighted by molar-refractivity contribution is 6.71. The van der Waals surface area contributed by atoms with Crippen LogP contribution in [0.5, 0.6) is 0 Å². The standard InChI is InChI=1S/C25H32B2ClFN2O4/c1-22(2)23(3,4)33-26(32-22)15-9-11-16(12-10-15)31-21(28)17-13-18(19(29)14-20(17)30)27-34-24(5,6)25(7,8)35-27/h9-14H,30H2,1-8H3. The van der Waals surface area contributed by atoms with Gasteiger partial charge >= 0.3 is 14.2 Å². The molecule has 2 N–H and O–H groups in total. The van der Waals surface area contributed by atoms with Gasteiger partial charge in [-0.25, -0.2) is 9.38 Å². The zero-order valence-electron chi connectivity index (χ0n) is 21.5. The molecule has 2 aromatic rings.